The van der Waals surface area contributed by atoms with Crippen molar-refractivity contribution >= 4 is 40.7 Å². The molecule has 0 aromatic heterocycles. The molecule has 0 spiro atoms. The normalized spacial score (nSPS) is 10.6. The smallest absolute Gasteiger partial charge is 0.138 e. The van der Waals surface area contributed by atoms with Crippen molar-refractivity contribution in [3.63, 3.8) is 0 Å². The van der Waals surface area contributed by atoms with Gasteiger partial charge >= 0.3 is 0 Å². The fraction of sp³-hybridized carbons (Fsp3) is 0.0526. The van der Waals surface area contributed by atoms with E-state index in [1.807, 2.05) is 42.5 Å². The lowest BCUT2D eigenvalue weighted by Gasteiger charge is -2.13. The van der Waals surface area contributed by atoms with E-state index in [1.165, 1.54) is 0 Å². The van der Waals surface area contributed by atoms with E-state index < -0.39 is 0 Å². The third-order valence-corrected chi connectivity index (χ3v) is 5.33. The zero-order chi connectivity index (χ0) is 16.9. The molecule has 0 atom stereocenters. The fourth-order valence-corrected chi connectivity index (χ4v) is 3.63. The minimum absolute atomic E-state index is 0.177. The summed E-state index contributed by atoms with van der Waals surface area (Å²) in [5.41, 5.74) is 1.72. The van der Waals surface area contributed by atoms with E-state index in [9.17, 15) is 5.11 Å². The average molecular weight is 376 g/mol. The van der Waals surface area contributed by atoms with Gasteiger partial charge in [0.2, 0.25) is 0 Å². The van der Waals surface area contributed by atoms with Gasteiger partial charge < -0.3 is 10.4 Å². The van der Waals surface area contributed by atoms with Gasteiger partial charge in [0.25, 0.3) is 0 Å². The molecule has 0 aliphatic rings. The number of halogens is 2. The van der Waals surface area contributed by atoms with E-state index in [0.717, 1.165) is 20.4 Å². The van der Waals surface area contributed by atoms with Crippen LogP contribution < -0.4 is 5.32 Å². The monoisotopic (exact) mass is 375 g/mol. The van der Waals surface area contributed by atoms with Crippen LogP contribution in [-0.4, -0.2) is 5.11 Å². The number of anilines is 1. The highest BCUT2D eigenvalue weighted by atomic mass is 35.5. The number of phenolic OH excluding ortho intramolecular Hbond substituents is 1. The van der Waals surface area contributed by atoms with E-state index in [4.69, 9.17) is 23.2 Å². The summed E-state index contributed by atoms with van der Waals surface area (Å²) in [6.07, 6.45) is 0. The molecular formula is C19H15Cl2NOS. The van der Waals surface area contributed by atoms with Crippen molar-refractivity contribution < 1.29 is 5.11 Å². The second-order valence-corrected chi connectivity index (χ2v) is 7.08. The van der Waals surface area contributed by atoms with Crippen LogP contribution in [0.1, 0.15) is 5.56 Å². The van der Waals surface area contributed by atoms with Gasteiger partial charge in [-0.2, -0.15) is 0 Å². The van der Waals surface area contributed by atoms with E-state index in [2.05, 4.69) is 11.4 Å². The lowest BCUT2D eigenvalue weighted by molar-refractivity contribution is 0.477. The van der Waals surface area contributed by atoms with E-state index in [-0.39, 0.29) is 5.75 Å². The molecule has 3 aromatic rings. The van der Waals surface area contributed by atoms with Gasteiger partial charge in [0.05, 0.1) is 10.7 Å². The number of phenols is 1. The Morgan fingerprint density at radius 1 is 0.875 bits per heavy atom. The summed E-state index contributed by atoms with van der Waals surface area (Å²) < 4.78 is 0. The lowest BCUT2D eigenvalue weighted by Crippen LogP contribution is -2.01. The molecule has 24 heavy (non-hydrogen) atoms. The van der Waals surface area contributed by atoms with E-state index in [0.29, 0.717) is 17.3 Å². The topological polar surface area (TPSA) is 32.3 Å². The first-order valence-corrected chi connectivity index (χ1v) is 8.93. The molecule has 0 fully saturated rings. The molecule has 0 heterocycles. The SMILES string of the molecule is Oc1ccc(Cl)cc1NCc1ccccc1Sc1ccccc1Cl. The molecule has 0 aliphatic heterocycles. The minimum atomic E-state index is 0.177. The van der Waals surface area contributed by atoms with E-state index in [1.54, 1.807) is 30.0 Å². The maximum atomic E-state index is 9.91. The van der Waals surface area contributed by atoms with Crippen molar-refractivity contribution in [3.05, 3.63) is 82.3 Å². The van der Waals surface area contributed by atoms with Gasteiger partial charge in [-0.3, -0.25) is 0 Å². The molecule has 2 nitrogen and oxygen atoms in total. The van der Waals surface area contributed by atoms with Crippen LogP contribution in [0.5, 0.6) is 5.75 Å². The molecular weight excluding hydrogens is 361 g/mol. The molecule has 2 N–H and O–H groups in total. The largest absolute Gasteiger partial charge is 0.506 e. The van der Waals surface area contributed by atoms with Gasteiger partial charge in [-0.1, -0.05) is 65.3 Å². The second-order valence-electron chi connectivity index (χ2n) is 5.16. The van der Waals surface area contributed by atoms with Gasteiger partial charge in [-0.25, -0.2) is 0 Å². The Morgan fingerprint density at radius 3 is 2.38 bits per heavy atom. The Morgan fingerprint density at radius 2 is 1.58 bits per heavy atom. The summed E-state index contributed by atoms with van der Waals surface area (Å²) in [5, 5.41) is 14.5. The van der Waals surface area contributed by atoms with Crippen molar-refractivity contribution in [2.45, 2.75) is 16.3 Å². The molecule has 5 heteroatoms. The summed E-state index contributed by atoms with van der Waals surface area (Å²) in [6, 6.07) is 20.8. The number of benzene rings is 3. The minimum Gasteiger partial charge on any atom is -0.506 e. The Labute approximate surface area is 155 Å². The zero-order valence-electron chi connectivity index (χ0n) is 12.7. The van der Waals surface area contributed by atoms with Crippen molar-refractivity contribution in [3.8, 4) is 5.75 Å². The van der Waals surface area contributed by atoms with Crippen LogP contribution >= 0.6 is 35.0 Å². The third-order valence-electron chi connectivity index (χ3n) is 3.46. The molecule has 3 rings (SSSR count). The quantitative estimate of drug-likeness (QED) is 0.501. The average Bonchev–Trinajstić information content (AvgIpc) is 2.59. The highest BCUT2D eigenvalue weighted by Crippen LogP contribution is 2.35. The van der Waals surface area contributed by atoms with Crippen LogP contribution in [0.4, 0.5) is 5.69 Å². The highest BCUT2D eigenvalue weighted by molar-refractivity contribution is 7.99. The van der Waals surface area contributed by atoms with Gasteiger partial charge in [-0.15, -0.1) is 0 Å². The first-order valence-electron chi connectivity index (χ1n) is 7.36. The Hall–Kier alpha value is -1.81. The van der Waals surface area contributed by atoms with Crippen LogP contribution in [0.3, 0.4) is 0 Å². The first-order chi connectivity index (χ1) is 11.6. The van der Waals surface area contributed by atoms with Crippen molar-refractivity contribution in [2.24, 2.45) is 0 Å². The zero-order valence-corrected chi connectivity index (χ0v) is 15.0. The first kappa shape index (κ1) is 17.0. The number of rotatable bonds is 5. The maximum Gasteiger partial charge on any atom is 0.138 e. The summed E-state index contributed by atoms with van der Waals surface area (Å²) in [6.45, 7) is 0.571. The van der Waals surface area contributed by atoms with Crippen molar-refractivity contribution in [1.29, 1.82) is 0 Å². The summed E-state index contributed by atoms with van der Waals surface area (Å²) in [4.78, 5) is 2.12. The lowest BCUT2D eigenvalue weighted by atomic mass is 10.2. The molecule has 3 aromatic carbocycles. The Bertz CT molecular complexity index is 854. The molecule has 0 radical (unpaired) electrons. The molecule has 0 saturated heterocycles. The summed E-state index contributed by atoms with van der Waals surface area (Å²) >= 11 is 13.9. The van der Waals surface area contributed by atoms with Crippen LogP contribution in [0.2, 0.25) is 10.0 Å². The van der Waals surface area contributed by atoms with Crippen LogP contribution in [0.15, 0.2) is 76.5 Å². The number of hydrogen-bond donors (Lipinski definition) is 2. The third kappa shape index (κ3) is 4.18. The molecule has 0 aliphatic carbocycles. The standard InChI is InChI=1S/C19H15Cl2NOS/c20-14-9-10-17(23)16(11-14)22-12-13-5-1-3-7-18(13)24-19-8-4-2-6-15(19)21/h1-11,22-23H,12H2. The molecule has 122 valence electrons. The van der Waals surface area contributed by atoms with Crippen LogP contribution in [-0.2, 0) is 6.54 Å². The molecule has 0 bridgehead atoms. The highest BCUT2D eigenvalue weighted by Gasteiger charge is 2.08. The van der Waals surface area contributed by atoms with Gasteiger partial charge in [-0.05, 0) is 42.0 Å². The van der Waals surface area contributed by atoms with Crippen molar-refractivity contribution in [1.82, 2.24) is 0 Å². The molecule has 0 unspecified atom stereocenters. The Kier molecular flexibility index (Phi) is 5.56. The maximum absolute atomic E-state index is 9.91. The molecule has 0 saturated carbocycles. The van der Waals surface area contributed by atoms with Crippen LogP contribution in [0, 0.1) is 0 Å². The molecule has 0 amide bonds. The number of aromatic hydroxyl groups is 1. The van der Waals surface area contributed by atoms with Crippen molar-refractivity contribution in [2.75, 3.05) is 5.32 Å². The van der Waals surface area contributed by atoms with Gasteiger partial charge in [0.15, 0.2) is 0 Å². The second kappa shape index (κ2) is 7.84. The van der Waals surface area contributed by atoms with Crippen LogP contribution in [0.25, 0.3) is 0 Å². The number of hydrogen-bond acceptors (Lipinski definition) is 3. The summed E-state index contributed by atoms with van der Waals surface area (Å²) in [7, 11) is 0. The Balaban J connectivity index is 1.79. The number of nitrogens with one attached hydrogen (secondary N) is 1. The summed E-state index contributed by atoms with van der Waals surface area (Å²) in [5.74, 6) is 0.177. The van der Waals surface area contributed by atoms with Gasteiger partial charge in [0.1, 0.15) is 5.75 Å². The van der Waals surface area contributed by atoms with E-state index >= 15 is 0 Å². The van der Waals surface area contributed by atoms with Gasteiger partial charge in [0, 0.05) is 21.4 Å². The fourth-order valence-electron chi connectivity index (χ4n) is 2.24. The predicted molar refractivity (Wildman–Crippen MR) is 102 cm³/mol. The predicted octanol–water partition coefficient (Wildman–Crippen LogP) is 6.46.